The first-order valence-corrected chi connectivity index (χ1v) is 10.6. The number of carbonyl (C=O) groups is 2. The number of nitrogens with zero attached hydrogens (tertiary/aromatic N) is 2. The molecule has 1 aromatic heterocycles. The van der Waals surface area contributed by atoms with Crippen LogP contribution in [0, 0.1) is 5.95 Å². The van der Waals surface area contributed by atoms with Crippen molar-refractivity contribution in [2.75, 3.05) is 4.90 Å². The van der Waals surface area contributed by atoms with Gasteiger partial charge < -0.3 is 10.2 Å². The molecule has 0 fully saturated rings. The number of allylic oxidation sites excluding steroid dienone is 1. The molecule has 2 N–H and O–H groups in total. The van der Waals surface area contributed by atoms with Crippen molar-refractivity contribution in [3.63, 3.8) is 0 Å². The van der Waals surface area contributed by atoms with Crippen LogP contribution < -0.4 is 15.7 Å². The largest absolute Gasteiger partial charge is 0.412 e. The van der Waals surface area contributed by atoms with Crippen molar-refractivity contribution in [2.45, 2.75) is 19.5 Å². The highest BCUT2D eigenvalue weighted by atomic mass is 35.5. The first-order valence-electron chi connectivity index (χ1n) is 10.2. The SMILES string of the molecule is CC1=C2C(=O)N(c3cccc(CNC(=O)c4ccc(F)nc4)c3)c3cccc(Cl)c3C2NO1. The summed E-state index contributed by atoms with van der Waals surface area (Å²) in [4.78, 5) is 36.4. The summed E-state index contributed by atoms with van der Waals surface area (Å²) in [6.07, 6.45) is 1.18. The highest BCUT2D eigenvalue weighted by Gasteiger charge is 2.43. The van der Waals surface area contributed by atoms with E-state index in [1.807, 2.05) is 30.3 Å². The summed E-state index contributed by atoms with van der Waals surface area (Å²) in [6.45, 7) is 1.94. The van der Waals surface area contributed by atoms with Crippen LogP contribution in [0.4, 0.5) is 15.8 Å². The Hall–Kier alpha value is -3.75. The Morgan fingerprint density at radius 2 is 2.06 bits per heavy atom. The molecule has 166 valence electrons. The first kappa shape index (κ1) is 21.1. The Bertz CT molecular complexity index is 1310. The number of fused-ring (bicyclic) bond motifs is 3. The van der Waals surface area contributed by atoms with Gasteiger partial charge in [0.15, 0.2) is 0 Å². The van der Waals surface area contributed by atoms with Crippen molar-refractivity contribution in [1.29, 1.82) is 0 Å². The molecular weight excluding hydrogens is 447 g/mol. The zero-order chi connectivity index (χ0) is 23.1. The second-order valence-electron chi connectivity index (χ2n) is 7.66. The maximum Gasteiger partial charge on any atom is 0.264 e. The summed E-state index contributed by atoms with van der Waals surface area (Å²) in [7, 11) is 0. The normalized spacial score (nSPS) is 16.9. The highest BCUT2D eigenvalue weighted by Crippen LogP contribution is 2.47. The van der Waals surface area contributed by atoms with Gasteiger partial charge in [0.1, 0.15) is 11.8 Å². The maximum atomic E-state index is 13.5. The molecule has 33 heavy (non-hydrogen) atoms. The van der Waals surface area contributed by atoms with Crippen molar-refractivity contribution in [2.24, 2.45) is 0 Å². The minimum Gasteiger partial charge on any atom is -0.412 e. The molecule has 2 amide bonds. The molecule has 2 aliphatic rings. The molecule has 0 aliphatic carbocycles. The molecule has 0 spiro atoms. The lowest BCUT2D eigenvalue weighted by Gasteiger charge is -2.33. The molecule has 0 saturated carbocycles. The van der Waals surface area contributed by atoms with E-state index in [2.05, 4.69) is 15.8 Å². The Balaban J connectivity index is 1.46. The van der Waals surface area contributed by atoms with E-state index in [4.69, 9.17) is 16.4 Å². The Morgan fingerprint density at radius 3 is 2.85 bits per heavy atom. The third-order valence-corrected chi connectivity index (χ3v) is 5.93. The highest BCUT2D eigenvalue weighted by molar-refractivity contribution is 6.32. The lowest BCUT2D eigenvalue weighted by molar-refractivity contribution is -0.115. The standard InChI is InChI=1S/C24H18ClFN4O3/c1-13-20-22(29-33-13)21-17(25)6-3-7-18(21)30(24(20)32)16-5-2-4-14(10-16)11-28-23(31)15-8-9-19(26)27-12-15/h2-10,12,22,29H,11H2,1H3,(H,28,31). The second-order valence-corrected chi connectivity index (χ2v) is 8.07. The summed E-state index contributed by atoms with van der Waals surface area (Å²) in [6, 6.07) is 14.7. The van der Waals surface area contributed by atoms with Crippen LogP contribution in [0.5, 0.6) is 0 Å². The number of anilines is 2. The van der Waals surface area contributed by atoms with E-state index in [-0.39, 0.29) is 23.9 Å². The Labute approximate surface area is 193 Å². The monoisotopic (exact) mass is 464 g/mol. The number of hydrogen-bond donors (Lipinski definition) is 2. The topological polar surface area (TPSA) is 83.6 Å². The van der Waals surface area contributed by atoms with Crippen LogP contribution in [0.1, 0.15) is 34.5 Å². The second kappa shape index (κ2) is 8.31. The van der Waals surface area contributed by atoms with Gasteiger partial charge in [-0.3, -0.25) is 14.5 Å². The van der Waals surface area contributed by atoms with Crippen LogP contribution in [0.3, 0.4) is 0 Å². The van der Waals surface area contributed by atoms with Gasteiger partial charge in [-0.15, -0.1) is 5.48 Å². The van der Waals surface area contributed by atoms with E-state index in [0.29, 0.717) is 27.7 Å². The summed E-state index contributed by atoms with van der Waals surface area (Å²) < 4.78 is 13.0. The molecule has 2 aromatic carbocycles. The molecule has 3 aromatic rings. The molecule has 9 heteroatoms. The average Bonchev–Trinajstić information content (AvgIpc) is 3.20. The van der Waals surface area contributed by atoms with Gasteiger partial charge in [0, 0.05) is 29.0 Å². The van der Waals surface area contributed by atoms with Crippen molar-refractivity contribution in [3.8, 4) is 0 Å². The van der Waals surface area contributed by atoms with Crippen molar-refractivity contribution >= 4 is 34.8 Å². The van der Waals surface area contributed by atoms with E-state index < -0.39 is 12.0 Å². The number of amides is 2. The predicted molar refractivity (Wildman–Crippen MR) is 120 cm³/mol. The summed E-state index contributed by atoms with van der Waals surface area (Å²) in [5.41, 5.74) is 6.46. The van der Waals surface area contributed by atoms with E-state index >= 15 is 0 Å². The van der Waals surface area contributed by atoms with Gasteiger partial charge in [-0.05, 0) is 48.9 Å². The van der Waals surface area contributed by atoms with Crippen LogP contribution >= 0.6 is 11.6 Å². The van der Waals surface area contributed by atoms with Gasteiger partial charge in [-0.25, -0.2) is 4.98 Å². The van der Waals surface area contributed by atoms with E-state index in [9.17, 15) is 14.0 Å². The third kappa shape index (κ3) is 3.73. The number of rotatable bonds is 4. The average molecular weight is 465 g/mol. The van der Waals surface area contributed by atoms with E-state index in [1.165, 1.54) is 12.3 Å². The van der Waals surface area contributed by atoms with Gasteiger partial charge >= 0.3 is 0 Å². The fourth-order valence-corrected chi connectivity index (χ4v) is 4.31. The quantitative estimate of drug-likeness (QED) is 0.561. The first-order chi connectivity index (χ1) is 15.9. The molecular formula is C24H18ClFN4O3. The van der Waals surface area contributed by atoms with Gasteiger partial charge in [0.05, 0.1) is 16.8 Å². The van der Waals surface area contributed by atoms with E-state index in [1.54, 1.807) is 24.0 Å². The zero-order valence-corrected chi connectivity index (χ0v) is 18.2. The number of hydroxylamine groups is 1. The molecule has 0 saturated heterocycles. The smallest absolute Gasteiger partial charge is 0.264 e. The van der Waals surface area contributed by atoms with Crippen LogP contribution in [-0.4, -0.2) is 16.8 Å². The molecule has 7 nitrogen and oxygen atoms in total. The molecule has 1 atom stereocenters. The summed E-state index contributed by atoms with van der Waals surface area (Å²) in [5, 5.41) is 3.31. The van der Waals surface area contributed by atoms with Crippen molar-refractivity contribution in [1.82, 2.24) is 15.8 Å². The Morgan fingerprint density at radius 1 is 1.24 bits per heavy atom. The summed E-state index contributed by atoms with van der Waals surface area (Å²) >= 11 is 6.51. The zero-order valence-electron chi connectivity index (χ0n) is 17.4. The molecule has 5 rings (SSSR count). The number of aromatic nitrogens is 1. The number of nitrogens with one attached hydrogen (secondary N) is 2. The van der Waals surface area contributed by atoms with Gasteiger partial charge in [-0.1, -0.05) is 29.8 Å². The molecule has 3 heterocycles. The van der Waals surface area contributed by atoms with Crippen LogP contribution in [0.15, 0.2) is 72.1 Å². The van der Waals surface area contributed by atoms with Crippen LogP contribution in [0.2, 0.25) is 5.02 Å². The summed E-state index contributed by atoms with van der Waals surface area (Å²) in [5.74, 6) is -0.745. The number of carbonyl (C=O) groups excluding carboxylic acids is 2. The van der Waals surface area contributed by atoms with Gasteiger partial charge in [0.25, 0.3) is 11.8 Å². The fourth-order valence-electron chi connectivity index (χ4n) is 4.03. The van der Waals surface area contributed by atoms with Crippen LogP contribution in [-0.2, 0) is 16.2 Å². The van der Waals surface area contributed by atoms with Gasteiger partial charge in [-0.2, -0.15) is 4.39 Å². The number of pyridine rings is 1. The van der Waals surface area contributed by atoms with Crippen LogP contribution in [0.25, 0.3) is 0 Å². The third-order valence-electron chi connectivity index (χ3n) is 5.60. The fraction of sp³-hybridized carbons (Fsp3) is 0.125. The molecule has 0 bridgehead atoms. The minimum absolute atomic E-state index is 0.212. The lowest BCUT2D eigenvalue weighted by Crippen LogP contribution is -2.37. The molecule has 0 radical (unpaired) electrons. The predicted octanol–water partition coefficient (Wildman–Crippen LogP) is 4.33. The number of halogens is 2. The maximum absolute atomic E-state index is 13.5. The van der Waals surface area contributed by atoms with Crippen molar-refractivity contribution in [3.05, 3.63) is 99.8 Å². The number of hydrogen-bond acceptors (Lipinski definition) is 5. The number of benzene rings is 2. The lowest BCUT2D eigenvalue weighted by atomic mass is 9.91. The van der Waals surface area contributed by atoms with Crippen molar-refractivity contribution < 1.29 is 18.8 Å². The van der Waals surface area contributed by atoms with Gasteiger partial charge in [0.2, 0.25) is 5.95 Å². The Kier molecular flexibility index (Phi) is 5.32. The molecule has 2 aliphatic heterocycles. The molecule has 1 unspecified atom stereocenters. The minimum atomic E-state index is -0.652. The van der Waals surface area contributed by atoms with E-state index in [0.717, 1.165) is 17.2 Å².